The Labute approximate surface area is 143 Å². The monoisotopic (exact) mass is 323 g/mol. The Kier molecular flexibility index (Phi) is 5.31. The molecule has 0 saturated carbocycles. The lowest BCUT2D eigenvalue weighted by Gasteiger charge is -2.34. The molecule has 3 heteroatoms. The number of nitrogens with zero attached hydrogens (tertiary/aromatic N) is 1. The van der Waals surface area contributed by atoms with Gasteiger partial charge in [-0.05, 0) is 43.4 Å². The third-order valence-electron chi connectivity index (χ3n) is 4.91. The lowest BCUT2D eigenvalue weighted by Crippen LogP contribution is -2.43. The lowest BCUT2D eigenvalue weighted by molar-refractivity contribution is 0.0465. The Morgan fingerprint density at radius 3 is 2.62 bits per heavy atom. The van der Waals surface area contributed by atoms with E-state index in [1.54, 1.807) is 0 Å². The van der Waals surface area contributed by atoms with Crippen molar-refractivity contribution >= 4 is 5.91 Å². The van der Waals surface area contributed by atoms with E-state index in [1.165, 1.54) is 5.56 Å². The molecule has 1 aliphatic rings. The summed E-state index contributed by atoms with van der Waals surface area (Å²) in [6.07, 6.45) is 2.35. The molecule has 1 amide bonds. The normalized spacial score (nSPS) is 19.1. The minimum Gasteiger partial charge on any atom is -0.393 e. The van der Waals surface area contributed by atoms with E-state index < -0.39 is 0 Å². The summed E-state index contributed by atoms with van der Waals surface area (Å²) >= 11 is 0. The third-order valence-corrected chi connectivity index (χ3v) is 4.91. The number of rotatable bonds is 4. The van der Waals surface area contributed by atoms with Crippen molar-refractivity contribution < 1.29 is 9.90 Å². The summed E-state index contributed by atoms with van der Waals surface area (Å²) in [7, 11) is 0. The van der Waals surface area contributed by atoms with Gasteiger partial charge in [-0.1, -0.05) is 48.5 Å². The first-order valence-corrected chi connectivity index (χ1v) is 8.74. The Morgan fingerprint density at radius 1 is 1.17 bits per heavy atom. The van der Waals surface area contributed by atoms with Crippen molar-refractivity contribution in [1.82, 2.24) is 4.90 Å². The Bertz CT molecular complexity index is 681. The molecule has 1 heterocycles. The zero-order chi connectivity index (χ0) is 16.9. The number of carbonyl (C=O) groups excluding carboxylic acids is 1. The number of hydrogen-bond donors (Lipinski definition) is 1. The van der Waals surface area contributed by atoms with Crippen molar-refractivity contribution in [2.45, 2.75) is 32.3 Å². The zero-order valence-electron chi connectivity index (χ0n) is 14.2. The fourth-order valence-electron chi connectivity index (χ4n) is 3.46. The standard InChI is InChI=1S/C21H25NO2/c1-16(23)19-11-7-13-22(15-19)21(24)20-12-6-5-10-18(20)14-17-8-3-2-4-9-17/h2-6,8-10,12,16,19,23H,7,11,13-15H2,1H3. The number of benzene rings is 2. The van der Waals surface area contributed by atoms with E-state index in [4.69, 9.17) is 0 Å². The average Bonchev–Trinajstić information content (AvgIpc) is 2.62. The van der Waals surface area contributed by atoms with Gasteiger partial charge in [0.15, 0.2) is 0 Å². The van der Waals surface area contributed by atoms with Crippen LogP contribution in [0, 0.1) is 5.92 Å². The topological polar surface area (TPSA) is 40.5 Å². The molecular formula is C21H25NO2. The molecule has 0 bridgehead atoms. The molecule has 2 aromatic rings. The molecule has 2 unspecified atom stereocenters. The zero-order valence-corrected chi connectivity index (χ0v) is 14.2. The number of hydrogen-bond acceptors (Lipinski definition) is 2. The van der Waals surface area contributed by atoms with Gasteiger partial charge < -0.3 is 10.0 Å². The van der Waals surface area contributed by atoms with Gasteiger partial charge in [0, 0.05) is 24.6 Å². The maximum atomic E-state index is 13.0. The van der Waals surface area contributed by atoms with Gasteiger partial charge in [0.25, 0.3) is 5.91 Å². The van der Waals surface area contributed by atoms with Gasteiger partial charge in [0.05, 0.1) is 6.10 Å². The van der Waals surface area contributed by atoms with E-state index in [0.29, 0.717) is 6.54 Å². The fraction of sp³-hybridized carbons (Fsp3) is 0.381. The molecule has 0 radical (unpaired) electrons. The molecule has 1 N–H and O–H groups in total. The van der Waals surface area contributed by atoms with Crippen molar-refractivity contribution in [3.05, 3.63) is 71.3 Å². The van der Waals surface area contributed by atoms with Crippen LogP contribution in [0.1, 0.15) is 41.3 Å². The van der Waals surface area contributed by atoms with Gasteiger partial charge in [-0.3, -0.25) is 4.79 Å². The summed E-state index contributed by atoms with van der Waals surface area (Å²) in [5.41, 5.74) is 3.05. The number of piperidine rings is 1. The Morgan fingerprint density at radius 2 is 1.88 bits per heavy atom. The maximum absolute atomic E-state index is 13.0. The number of aliphatic hydroxyl groups is 1. The Hall–Kier alpha value is -2.13. The fourth-order valence-corrected chi connectivity index (χ4v) is 3.46. The number of aliphatic hydroxyl groups excluding tert-OH is 1. The molecule has 0 aromatic heterocycles. The number of amides is 1. The highest BCUT2D eigenvalue weighted by atomic mass is 16.3. The van der Waals surface area contributed by atoms with Crippen molar-refractivity contribution in [3.63, 3.8) is 0 Å². The summed E-state index contributed by atoms with van der Waals surface area (Å²) in [6, 6.07) is 18.1. The van der Waals surface area contributed by atoms with Crippen molar-refractivity contribution in [2.24, 2.45) is 5.92 Å². The predicted octanol–water partition coefficient (Wildman–Crippen LogP) is 3.51. The second kappa shape index (κ2) is 7.63. The molecule has 0 spiro atoms. The van der Waals surface area contributed by atoms with Crippen LogP contribution in [0.3, 0.4) is 0 Å². The summed E-state index contributed by atoms with van der Waals surface area (Å²) in [5.74, 6) is 0.274. The quantitative estimate of drug-likeness (QED) is 0.935. The maximum Gasteiger partial charge on any atom is 0.254 e. The van der Waals surface area contributed by atoms with Gasteiger partial charge in [0.2, 0.25) is 0 Å². The van der Waals surface area contributed by atoms with E-state index in [2.05, 4.69) is 12.1 Å². The molecule has 1 fully saturated rings. The van der Waals surface area contributed by atoms with E-state index >= 15 is 0 Å². The predicted molar refractivity (Wildman–Crippen MR) is 96.0 cm³/mol. The van der Waals surface area contributed by atoms with Crippen LogP contribution in [0.5, 0.6) is 0 Å². The van der Waals surface area contributed by atoms with Crippen LogP contribution in [-0.4, -0.2) is 35.1 Å². The first-order chi connectivity index (χ1) is 11.6. The summed E-state index contributed by atoms with van der Waals surface area (Å²) < 4.78 is 0. The molecular weight excluding hydrogens is 298 g/mol. The smallest absolute Gasteiger partial charge is 0.254 e. The largest absolute Gasteiger partial charge is 0.393 e. The van der Waals surface area contributed by atoms with Gasteiger partial charge in [0.1, 0.15) is 0 Å². The van der Waals surface area contributed by atoms with Crippen LogP contribution in [0.15, 0.2) is 54.6 Å². The van der Waals surface area contributed by atoms with Crippen LogP contribution in [0.25, 0.3) is 0 Å². The molecule has 2 atom stereocenters. The molecule has 3 nitrogen and oxygen atoms in total. The van der Waals surface area contributed by atoms with E-state index in [9.17, 15) is 9.90 Å². The third kappa shape index (κ3) is 3.85. The van der Waals surface area contributed by atoms with E-state index in [0.717, 1.165) is 36.9 Å². The minimum atomic E-state index is -0.361. The lowest BCUT2D eigenvalue weighted by atomic mass is 9.92. The molecule has 24 heavy (non-hydrogen) atoms. The van der Waals surface area contributed by atoms with Gasteiger partial charge in [-0.15, -0.1) is 0 Å². The summed E-state index contributed by atoms with van der Waals surface area (Å²) in [5, 5.41) is 9.86. The average molecular weight is 323 g/mol. The minimum absolute atomic E-state index is 0.0897. The molecule has 3 rings (SSSR count). The molecule has 1 aliphatic heterocycles. The SMILES string of the molecule is CC(O)C1CCCN(C(=O)c2ccccc2Cc2ccccc2)C1. The van der Waals surface area contributed by atoms with Crippen molar-refractivity contribution in [1.29, 1.82) is 0 Å². The van der Waals surface area contributed by atoms with Crippen LogP contribution in [0.4, 0.5) is 0 Å². The summed E-state index contributed by atoms with van der Waals surface area (Å²) in [6.45, 7) is 3.25. The highest BCUT2D eigenvalue weighted by Crippen LogP contribution is 2.23. The van der Waals surface area contributed by atoms with Crippen LogP contribution in [0.2, 0.25) is 0 Å². The van der Waals surface area contributed by atoms with Crippen LogP contribution >= 0.6 is 0 Å². The van der Waals surface area contributed by atoms with Gasteiger partial charge in [-0.2, -0.15) is 0 Å². The van der Waals surface area contributed by atoms with Crippen LogP contribution < -0.4 is 0 Å². The molecule has 126 valence electrons. The van der Waals surface area contributed by atoms with E-state index in [-0.39, 0.29) is 17.9 Å². The highest BCUT2D eigenvalue weighted by Gasteiger charge is 2.27. The molecule has 2 aromatic carbocycles. The second-order valence-electron chi connectivity index (χ2n) is 6.71. The first-order valence-electron chi connectivity index (χ1n) is 8.74. The molecule has 1 saturated heterocycles. The first kappa shape index (κ1) is 16.7. The van der Waals surface area contributed by atoms with Crippen LogP contribution in [-0.2, 0) is 6.42 Å². The number of carbonyl (C=O) groups is 1. The summed E-state index contributed by atoms with van der Waals surface area (Å²) in [4.78, 5) is 14.9. The van der Waals surface area contributed by atoms with Crippen molar-refractivity contribution in [3.8, 4) is 0 Å². The highest BCUT2D eigenvalue weighted by molar-refractivity contribution is 5.95. The Balaban J connectivity index is 1.80. The molecule has 0 aliphatic carbocycles. The number of likely N-dealkylation sites (tertiary alicyclic amines) is 1. The second-order valence-corrected chi connectivity index (χ2v) is 6.71. The van der Waals surface area contributed by atoms with Gasteiger partial charge in [-0.25, -0.2) is 0 Å². The van der Waals surface area contributed by atoms with E-state index in [1.807, 2.05) is 54.3 Å². The van der Waals surface area contributed by atoms with Crippen molar-refractivity contribution in [2.75, 3.05) is 13.1 Å². The van der Waals surface area contributed by atoms with Gasteiger partial charge >= 0.3 is 0 Å².